The molecule has 0 amide bonds. The van der Waals surface area contributed by atoms with E-state index in [0.29, 0.717) is 0 Å². The van der Waals surface area contributed by atoms with Crippen molar-refractivity contribution < 1.29 is 5.11 Å². The maximum absolute atomic E-state index is 9.21. The van der Waals surface area contributed by atoms with Gasteiger partial charge >= 0.3 is 0 Å². The molecule has 13 heavy (non-hydrogen) atoms. The lowest BCUT2D eigenvalue weighted by Crippen LogP contribution is -2.02. The maximum Gasteiger partial charge on any atom is 0.144 e. The van der Waals surface area contributed by atoms with Crippen LogP contribution in [0.5, 0.6) is 0 Å². The molecule has 1 atom stereocenters. The van der Waals surface area contributed by atoms with E-state index in [1.165, 1.54) is 4.68 Å². The van der Waals surface area contributed by atoms with Gasteiger partial charge in [-0.2, -0.15) is 5.10 Å². The van der Waals surface area contributed by atoms with Crippen molar-refractivity contribution in [2.24, 2.45) is 0 Å². The predicted molar refractivity (Wildman–Crippen MR) is 46.7 cm³/mol. The lowest BCUT2D eigenvalue weighted by molar-refractivity contribution is 0.111. The second kappa shape index (κ2) is 3.02. The molecule has 2 rings (SSSR count). The third-order valence-corrected chi connectivity index (χ3v) is 1.79. The molecule has 0 radical (unpaired) electrons. The molecule has 1 unspecified atom stereocenters. The quantitative estimate of drug-likeness (QED) is 0.714. The number of aromatic amines is 1. The summed E-state index contributed by atoms with van der Waals surface area (Å²) in [6.45, 7) is 1.66. The van der Waals surface area contributed by atoms with E-state index in [9.17, 15) is 5.11 Å². The molecular formula is C8H10N4O. The molecule has 0 saturated carbocycles. The lowest BCUT2D eigenvalue weighted by Gasteiger charge is -2.01. The Balaban J connectivity index is 2.33. The molecule has 0 saturated heterocycles. The van der Waals surface area contributed by atoms with Crippen LogP contribution in [0.25, 0.3) is 11.3 Å². The number of hydrogen-bond acceptors (Lipinski definition) is 3. The maximum atomic E-state index is 9.21. The SMILES string of the molecule is CC(O)n1cc(-c2cnc[nH]2)cn1. The number of aromatic nitrogens is 4. The highest BCUT2D eigenvalue weighted by Gasteiger charge is 2.04. The average Bonchev–Trinajstić information content (AvgIpc) is 2.75. The first-order valence-electron chi connectivity index (χ1n) is 3.98. The second-order valence-electron chi connectivity index (χ2n) is 2.81. The van der Waals surface area contributed by atoms with Crippen molar-refractivity contribution in [1.82, 2.24) is 19.7 Å². The number of nitrogens with zero attached hydrogens (tertiary/aromatic N) is 3. The van der Waals surface area contributed by atoms with Gasteiger partial charge in [-0.15, -0.1) is 0 Å². The minimum Gasteiger partial charge on any atom is -0.372 e. The van der Waals surface area contributed by atoms with Crippen LogP contribution in [0.15, 0.2) is 24.9 Å². The fourth-order valence-corrected chi connectivity index (χ4v) is 1.10. The monoisotopic (exact) mass is 178 g/mol. The van der Waals surface area contributed by atoms with Gasteiger partial charge in [0.1, 0.15) is 6.23 Å². The number of aliphatic hydroxyl groups is 1. The van der Waals surface area contributed by atoms with Crippen LogP contribution in [-0.4, -0.2) is 24.9 Å². The molecule has 0 aliphatic heterocycles. The first-order chi connectivity index (χ1) is 6.27. The van der Waals surface area contributed by atoms with Crippen molar-refractivity contribution in [3.05, 3.63) is 24.9 Å². The van der Waals surface area contributed by atoms with Gasteiger partial charge in [-0.1, -0.05) is 0 Å². The van der Waals surface area contributed by atoms with E-state index in [-0.39, 0.29) is 0 Å². The van der Waals surface area contributed by atoms with E-state index in [1.807, 2.05) is 0 Å². The highest BCUT2D eigenvalue weighted by molar-refractivity contribution is 5.55. The van der Waals surface area contributed by atoms with E-state index in [2.05, 4.69) is 15.1 Å². The number of rotatable bonds is 2. The van der Waals surface area contributed by atoms with Crippen LogP contribution in [0, 0.1) is 0 Å². The Hall–Kier alpha value is -1.62. The van der Waals surface area contributed by atoms with Gasteiger partial charge < -0.3 is 10.1 Å². The Morgan fingerprint density at radius 2 is 2.38 bits per heavy atom. The number of aliphatic hydroxyl groups excluding tert-OH is 1. The Morgan fingerprint density at radius 1 is 1.54 bits per heavy atom. The van der Waals surface area contributed by atoms with Gasteiger partial charge in [-0.25, -0.2) is 9.67 Å². The van der Waals surface area contributed by atoms with E-state index < -0.39 is 6.23 Å². The van der Waals surface area contributed by atoms with E-state index in [4.69, 9.17) is 0 Å². The zero-order chi connectivity index (χ0) is 9.26. The van der Waals surface area contributed by atoms with E-state index >= 15 is 0 Å². The molecule has 0 aliphatic rings. The molecule has 0 bridgehead atoms. The molecule has 0 fully saturated rings. The Bertz CT molecular complexity index is 377. The molecule has 2 heterocycles. The van der Waals surface area contributed by atoms with Crippen molar-refractivity contribution in [3.8, 4) is 11.3 Å². The van der Waals surface area contributed by atoms with Crippen molar-refractivity contribution >= 4 is 0 Å². The Labute approximate surface area is 75.0 Å². The van der Waals surface area contributed by atoms with Crippen molar-refractivity contribution in [1.29, 1.82) is 0 Å². The van der Waals surface area contributed by atoms with Crippen molar-refractivity contribution in [2.75, 3.05) is 0 Å². The van der Waals surface area contributed by atoms with Crippen LogP contribution in [-0.2, 0) is 0 Å². The van der Waals surface area contributed by atoms with Gasteiger partial charge in [0.15, 0.2) is 0 Å². The molecular weight excluding hydrogens is 168 g/mol. The predicted octanol–water partition coefficient (Wildman–Crippen LogP) is 0.784. The van der Waals surface area contributed by atoms with Crippen LogP contribution >= 0.6 is 0 Å². The second-order valence-corrected chi connectivity index (χ2v) is 2.81. The highest BCUT2D eigenvalue weighted by Crippen LogP contribution is 2.15. The minimum absolute atomic E-state index is 0.600. The zero-order valence-electron chi connectivity index (χ0n) is 7.18. The fraction of sp³-hybridized carbons (Fsp3) is 0.250. The molecule has 5 heteroatoms. The molecule has 0 aromatic carbocycles. The summed E-state index contributed by atoms with van der Waals surface area (Å²) in [6.07, 6.45) is 6.16. The fourth-order valence-electron chi connectivity index (χ4n) is 1.10. The van der Waals surface area contributed by atoms with Gasteiger partial charge in [0, 0.05) is 11.8 Å². The zero-order valence-corrected chi connectivity index (χ0v) is 7.18. The molecule has 68 valence electrons. The van der Waals surface area contributed by atoms with Crippen LogP contribution in [0.3, 0.4) is 0 Å². The van der Waals surface area contributed by atoms with Crippen LogP contribution in [0.4, 0.5) is 0 Å². The van der Waals surface area contributed by atoms with Crippen molar-refractivity contribution in [3.63, 3.8) is 0 Å². The minimum atomic E-state index is -0.600. The van der Waals surface area contributed by atoms with Gasteiger partial charge in [0.2, 0.25) is 0 Å². The van der Waals surface area contributed by atoms with Gasteiger partial charge in [0.05, 0.1) is 24.4 Å². The molecule has 2 aromatic heterocycles. The third kappa shape index (κ3) is 1.46. The Morgan fingerprint density at radius 3 is 2.92 bits per heavy atom. The van der Waals surface area contributed by atoms with E-state index in [0.717, 1.165) is 11.3 Å². The van der Waals surface area contributed by atoms with E-state index in [1.54, 1.807) is 31.8 Å². The molecule has 2 aromatic rings. The first-order valence-corrected chi connectivity index (χ1v) is 3.98. The summed E-state index contributed by atoms with van der Waals surface area (Å²) in [6, 6.07) is 0. The van der Waals surface area contributed by atoms with Crippen LogP contribution in [0.1, 0.15) is 13.2 Å². The molecule has 2 N–H and O–H groups in total. The summed E-state index contributed by atoms with van der Waals surface area (Å²) in [7, 11) is 0. The Kier molecular flexibility index (Phi) is 1.86. The highest BCUT2D eigenvalue weighted by atomic mass is 16.3. The summed E-state index contributed by atoms with van der Waals surface area (Å²) >= 11 is 0. The first kappa shape index (κ1) is 8.00. The summed E-state index contributed by atoms with van der Waals surface area (Å²) in [5.41, 5.74) is 1.81. The summed E-state index contributed by atoms with van der Waals surface area (Å²) < 4.78 is 1.48. The number of imidazole rings is 1. The summed E-state index contributed by atoms with van der Waals surface area (Å²) in [4.78, 5) is 6.86. The summed E-state index contributed by atoms with van der Waals surface area (Å²) in [5, 5.41) is 13.2. The van der Waals surface area contributed by atoms with Crippen LogP contribution < -0.4 is 0 Å². The number of H-pyrrole nitrogens is 1. The number of nitrogens with one attached hydrogen (secondary N) is 1. The normalized spacial score (nSPS) is 13.1. The van der Waals surface area contributed by atoms with Crippen LogP contribution in [0.2, 0.25) is 0 Å². The molecule has 0 spiro atoms. The largest absolute Gasteiger partial charge is 0.372 e. The lowest BCUT2D eigenvalue weighted by atomic mass is 10.3. The van der Waals surface area contributed by atoms with Gasteiger partial charge in [-0.05, 0) is 6.92 Å². The number of hydrogen-bond donors (Lipinski definition) is 2. The van der Waals surface area contributed by atoms with Gasteiger partial charge in [0.25, 0.3) is 0 Å². The standard InChI is InChI=1S/C8H10N4O/c1-6(13)12-4-7(2-11-12)8-3-9-5-10-8/h2-6,13H,1H3,(H,9,10). The average molecular weight is 178 g/mol. The van der Waals surface area contributed by atoms with Crippen molar-refractivity contribution in [2.45, 2.75) is 13.2 Å². The smallest absolute Gasteiger partial charge is 0.144 e. The molecule has 0 aliphatic carbocycles. The molecule has 5 nitrogen and oxygen atoms in total. The third-order valence-electron chi connectivity index (χ3n) is 1.79. The topological polar surface area (TPSA) is 66.7 Å². The summed E-state index contributed by atoms with van der Waals surface area (Å²) in [5.74, 6) is 0. The van der Waals surface area contributed by atoms with Gasteiger partial charge in [-0.3, -0.25) is 0 Å².